The van der Waals surface area contributed by atoms with E-state index in [0.717, 1.165) is 37.4 Å². The molecular formula is C15H30N4. The average Bonchev–Trinajstić information content (AvgIpc) is 3.19. The summed E-state index contributed by atoms with van der Waals surface area (Å²) < 4.78 is 0. The third-order valence-corrected chi connectivity index (χ3v) is 4.04. The molecule has 0 unspecified atom stereocenters. The van der Waals surface area contributed by atoms with Gasteiger partial charge in [-0.15, -0.1) is 0 Å². The summed E-state index contributed by atoms with van der Waals surface area (Å²) in [5, 5.41) is 3.52. The summed E-state index contributed by atoms with van der Waals surface area (Å²) in [5.74, 6) is 2.86. The van der Waals surface area contributed by atoms with E-state index in [-0.39, 0.29) is 0 Å². The fourth-order valence-corrected chi connectivity index (χ4v) is 2.79. The van der Waals surface area contributed by atoms with Crippen LogP contribution in [-0.2, 0) is 0 Å². The van der Waals surface area contributed by atoms with Gasteiger partial charge in [-0.1, -0.05) is 26.7 Å². The van der Waals surface area contributed by atoms with Crippen LogP contribution < -0.4 is 5.32 Å². The van der Waals surface area contributed by atoms with Gasteiger partial charge in [-0.2, -0.15) is 0 Å². The third kappa shape index (κ3) is 5.01. The first-order valence-electron chi connectivity index (χ1n) is 7.87. The number of piperazine rings is 1. The van der Waals surface area contributed by atoms with Gasteiger partial charge in [-0.05, 0) is 18.3 Å². The summed E-state index contributed by atoms with van der Waals surface area (Å²) in [6.45, 7) is 11.5. The van der Waals surface area contributed by atoms with Gasteiger partial charge in [-0.3, -0.25) is 9.89 Å². The fraction of sp³-hybridized carbons (Fsp3) is 0.933. The molecule has 4 heteroatoms. The van der Waals surface area contributed by atoms with E-state index >= 15 is 0 Å². The zero-order valence-electron chi connectivity index (χ0n) is 12.9. The largest absolute Gasteiger partial charge is 0.356 e. The first-order valence-corrected chi connectivity index (χ1v) is 7.87. The summed E-state index contributed by atoms with van der Waals surface area (Å²) >= 11 is 0. The van der Waals surface area contributed by atoms with Crippen LogP contribution in [0.15, 0.2) is 4.99 Å². The summed E-state index contributed by atoms with van der Waals surface area (Å²) in [5.41, 5.74) is 0. The Hall–Kier alpha value is -0.770. The molecule has 2 fully saturated rings. The van der Waals surface area contributed by atoms with Gasteiger partial charge >= 0.3 is 0 Å². The SMILES string of the molecule is CN=C(NCCC1CC1)N1CCN(CC(C)C)CC1. The van der Waals surface area contributed by atoms with E-state index in [1.54, 1.807) is 0 Å². The van der Waals surface area contributed by atoms with Gasteiger partial charge in [0, 0.05) is 46.3 Å². The second-order valence-corrected chi connectivity index (χ2v) is 6.39. The monoisotopic (exact) mass is 266 g/mol. The highest BCUT2D eigenvalue weighted by molar-refractivity contribution is 5.79. The minimum absolute atomic E-state index is 0.766. The zero-order chi connectivity index (χ0) is 13.7. The van der Waals surface area contributed by atoms with Gasteiger partial charge in [0.2, 0.25) is 0 Å². The standard InChI is InChI=1S/C15H30N4/c1-13(2)12-18-8-10-19(11-9-18)15(16-3)17-7-6-14-4-5-14/h13-14H,4-12H2,1-3H3,(H,16,17). The van der Waals surface area contributed by atoms with Gasteiger partial charge in [0.25, 0.3) is 0 Å². The molecule has 19 heavy (non-hydrogen) atoms. The molecule has 4 nitrogen and oxygen atoms in total. The van der Waals surface area contributed by atoms with Gasteiger partial charge in [0.05, 0.1) is 0 Å². The number of hydrogen-bond acceptors (Lipinski definition) is 2. The highest BCUT2D eigenvalue weighted by Crippen LogP contribution is 2.31. The van der Waals surface area contributed by atoms with Crippen LogP contribution in [0.4, 0.5) is 0 Å². The molecule has 0 aromatic rings. The lowest BCUT2D eigenvalue weighted by Gasteiger charge is -2.37. The lowest BCUT2D eigenvalue weighted by molar-refractivity contribution is 0.164. The Balaban J connectivity index is 1.68. The normalized spacial score (nSPS) is 22.1. The fourth-order valence-electron chi connectivity index (χ4n) is 2.79. The van der Waals surface area contributed by atoms with Crippen molar-refractivity contribution in [1.29, 1.82) is 0 Å². The van der Waals surface area contributed by atoms with Crippen LogP contribution in [0.25, 0.3) is 0 Å². The zero-order valence-corrected chi connectivity index (χ0v) is 12.9. The predicted octanol–water partition coefficient (Wildman–Crippen LogP) is 1.64. The molecule has 0 bridgehead atoms. The van der Waals surface area contributed by atoms with E-state index in [4.69, 9.17) is 0 Å². The molecule has 0 spiro atoms. The number of aliphatic imine (C=N–C) groups is 1. The number of rotatable bonds is 5. The average molecular weight is 266 g/mol. The smallest absolute Gasteiger partial charge is 0.193 e. The van der Waals surface area contributed by atoms with Crippen molar-refractivity contribution in [2.45, 2.75) is 33.1 Å². The summed E-state index contributed by atoms with van der Waals surface area (Å²) in [7, 11) is 1.90. The van der Waals surface area contributed by atoms with Gasteiger partial charge in [0.1, 0.15) is 0 Å². The molecule has 0 atom stereocenters. The maximum atomic E-state index is 4.43. The van der Waals surface area contributed by atoms with E-state index < -0.39 is 0 Å². The molecule has 1 N–H and O–H groups in total. The van der Waals surface area contributed by atoms with Gasteiger partial charge < -0.3 is 10.2 Å². The van der Waals surface area contributed by atoms with Gasteiger partial charge in [-0.25, -0.2) is 0 Å². The van der Waals surface area contributed by atoms with E-state index in [0.29, 0.717) is 0 Å². The number of nitrogens with one attached hydrogen (secondary N) is 1. The van der Waals surface area contributed by atoms with E-state index in [2.05, 4.69) is 34.0 Å². The van der Waals surface area contributed by atoms with E-state index in [9.17, 15) is 0 Å². The Bertz CT molecular complexity index is 289. The maximum Gasteiger partial charge on any atom is 0.193 e. The van der Waals surface area contributed by atoms with Crippen LogP contribution in [-0.4, -0.2) is 62.1 Å². The molecule has 1 aliphatic carbocycles. The summed E-state index contributed by atoms with van der Waals surface area (Å²) in [6.07, 6.45) is 4.19. The topological polar surface area (TPSA) is 30.9 Å². The third-order valence-electron chi connectivity index (χ3n) is 4.04. The molecule has 0 aromatic carbocycles. The Labute approximate surface area is 118 Å². The molecule has 2 aliphatic rings. The lowest BCUT2D eigenvalue weighted by Crippen LogP contribution is -2.53. The highest BCUT2D eigenvalue weighted by atomic mass is 15.3. The van der Waals surface area contributed by atoms with Crippen molar-refractivity contribution in [3.8, 4) is 0 Å². The minimum atomic E-state index is 0.766. The highest BCUT2D eigenvalue weighted by Gasteiger charge is 2.22. The van der Waals surface area contributed by atoms with Crippen molar-refractivity contribution >= 4 is 5.96 Å². The molecule has 1 saturated carbocycles. The lowest BCUT2D eigenvalue weighted by atomic mass is 10.2. The summed E-state index contributed by atoms with van der Waals surface area (Å²) in [4.78, 5) is 9.40. The first-order chi connectivity index (χ1) is 9.19. The number of nitrogens with zero attached hydrogens (tertiary/aromatic N) is 3. The number of guanidine groups is 1. The molecule has 0 amide bonds. The summed E-state index contributed by atoms with van der Waals surface area (Å²) in [6, 6.07) is 0. The molecule has 110 valence electrons. The van der Waals surface area contributed by atoms with Crippen LogP contribution in [0.5, 0.6) is 0 Å². The molecular weight excluding hydrogens is 236 g/mol. The molecule has 2 rings (SSSR count). The second-order valence-electron chi connectivity index (χ2n) is 6.39. The van der Waals surface area contributed by atoms with Crippen molar-refractivity contribution in [2.75, 3.05) is 46.3 Å². The molecule has 1 aliphatic heterocycles. The Kier molecular flexibility index (Phi) is 5.49. The quantitative estimate of drug-likeness (QED) is 0.606. The minimum Gasteiger partial charge on any atom is -0.356 e. The molecule has 0 radical (unpaired) electrons. The van der Waals surface area contributed by atoms with Crippen LogP contribution in [0.3, 0.4) is 0 Å². The second kappa shape index (κ2) is 7.13. The van der Waals surface area contributed by atoms with Crippen molar-refractivity contribution in [3.63, 3.8) is 0 Å². The van der Waals surface area contributed by atoms with Crippen molar-refractivity contribution in [2.24, 2.45) is 16.8 Å². The molecule has 0 aromatic heterocycles. The Morgan fingerprint density at radius 1 is 1.21 bits per heavy atom. The van der Waals surface area contributed by atoms with Crippen LogP contribution in [0.1, 0.15) is 33.1 Å². The molecule has 1 saturated heterocycles. The Morgan fingerprint density at radius 2 is 1.89 bits per heavy atom. The van der Waals surface area contributed by atoms with Crippen molar-refractivity contribution < 1.29 is 0 Å². The van der Waals surface area contributed by atoms with Crippen molar-refractivity contribution in [3.05, 3.63) is 0 Å². The Morgan fingerprint density at radius 3 is 2.42 bits per heavy atom. The maximum absolute atomic E-state index is 4.43. The van der Waals surface area contributed by atoms with Crippen LogP contribution >= 0.6 is 0 Å². The first kappa shape index (κ1) is 14.6. The van der Waals surface area contributed by atoms with Crippen molar-refractivity contribution in [1.82, 2.24) is 15.1 Å². The number of hydrogen-bond donors (Lipinski definition) is 1. The van der Waals surface area contributed by atoms with E-state index in [1.165, 1.54) is 38.9 Å². The van der Waals surface area contributed by atoms with Crippen LogP contribution in [0, 0.1) is 11.8 Å². The van der Waals surface area contributed by atoms with E-state index in [1.807, 2.05) is 7.05 Å². The predicted molar refractivity (Wildman–Crippen MR) is 81.6 cm³/mol. The van der Waals surface area contributed by atoms with Crippen LogP contribution in [0.2, 0.25) is 0 Å². The molecule has 1 heterocycles. The van der Waals surface area contributed by atoms with Gasteiger partial charge in [0.15, 0.2) is 5.96 Å².